The van der Waals surface area contributed by atoms with Gasteiger partial charge < -0.3 is 5.73 Å². The number of nitrogens with zero attached hydrogens (tertiary/aromatic N) is 3. The van der Waals surface area contributed by atoms with Gasteiger partial charge in [-0.3, -0.25) is 0 Å². The largest absolute Gasteiger partial charge is 0.368 e. The lowest BCUT2D eigenvalue weighted by Crippen LogP contribution is -2.04. The minimum atomic E-state index is 0.104. The van der Waals surface area contributed by atoms with E-state index in [4.69, 9.17) is 22.6 Å². The van der Waals surface area contributed by atoms with Crippen LogP contribution in [-0.2, 0) is 0 Å². The summed E-state index contributed by atoms with van der Waals surface area (Å²) in [4.78, 5) is 7.66. The van der Waals surface area contributed by atoms with E-state index in [1.54, 1.807) is 0 Å². The SMILES string of the molecule is CC(C)c1nc(N)nc(Cl)c1C#N. The molecule has 0 aliphatic heterocycles. The first kappa shape index (κ1) is 9.75. The van der Waals surface area contributed by atoms with Crippen LogP contribution in [0.2, 0.25) is 5.15 Å². The minimum Gasteiger partial charge on any atom is -0.368 e. The molecular formula is C8H9ClN4. The fourth-order valence-electron chi connectivity index (χ4n) is 0.988. The molecule has 68 valence electrons. The van der Waals surface area contributed by atoms with E-state index in [2.05, 4.69) is 9.97 Å². The van der Waals surface area contributed by atoms with E-state index >= 15 is 0 Å². The smallest absolute Gasteiger partial charge is 0.221 e. The van der Waals surface area contributed by atoms with E-state index in [0.29, 0.717) is 11.3 Å². The number of halogens is 1. The van der Waals surface area contributed by atoms with Crippen LogP contribution in [0.3, 0.4) is 0 Å². The molecule has 1 rings (SSSR count). The Labute approximate surface area is 81.4 Å². The van der Waals surface area contributed by atoms with Gasteiger partial charge in [0.05, 0.1) is 5.69 Å². The van der Waals surface area contributed by atoms with E-state index in [1.807, 2.05) is 19.9 Å². The third-order valence-electron chi connectivity index (χ3n) is 1.57. The second-order valence-corrected chi connectivity index (χ2v) is 3.26. The molecular weight excluding hydrogens is 188 g/mol. The van der Waals surface area contributed by atoms with Crippen molar-refractivity contribution in [1.82, 2.24) is 9.97 Å². The van der Waals surface area contributed by atoms with Crippen molar-refractivity contribution in [3.05, 3.63) is 16.4 Å². The quantitative estimate of drug-likeness (QED) is 0.694. The second-order valence-electron chi connectivity index (χ2n) is 2.90. The van der Waals surface area contributed by atoms with Gasteiger partial charge in [0.1, 0.15) is 11.6 Å². The average molecular weight is 197 g/mol. The third kappa shape index (κ3) is 1.87. The molecule has 2 N–H and O–H groups in total. The van der Waals surface area contributed by atoms with Gasteiger partial charge in [0.25, 0.3) is 0 Å². The molecule has 4 nitrogen and oxygen atoms in total. The van der Waals surface area contributed by atoms with Crippen LogP contribution in [0.5, 0.6) is 0 Å². The molecule has 0 atom stereocenters. The van der Waals surface area contributed by atoms with Crippen LogP contribution < -0.4 is 5.73 Å². The molecule has 0 saturated carbocycles. The molecule has 0 spiro atoms. The van der Waals surface area contributed by atoms with Crippen molar-refractivity contribution in [2.75, 3.05) is 5.73 Å². The number of aromatic nitrogens is 2. The second kappa shape index (κ2) is 3.58. The summed E-state index contributed by atoms with van der Waals surface area (Å²) in [6, 6.07) is 1.96. The van der Waals surface area contributed by atoms with Gasteiger partial charge in [0.2, 0.25) is 5.95 Å². The maximum absolute atomic E-state index is 8.78. The van der Waals surface area contributed by atoms with Gasteiger partial charge in [-0.15, -0.1) is 0 Å². The summed E-state index contributed by atoms with van der Waals surface area (Å²) >= 11 is 5.73. The average Bonchev–Trinajstić information content (AvgIpc) is 2.02. The summed E-state index contributed by atoms with van der Waals surface area (Å²) in [5.74, 6) is 0.213. The monoisotopic (exact) mass is 196 g/mol. The molecule has 0 aliphatic carbocycles. The molecule has 5 heteroatoms. The van der Waals surface area contributed by atoms with Crippen LogP contribution in [0.1, 0.15) is 31.0 Å². The number of rotatable bonds is 1. The number of nitrogens with two attached hydrogens (primary N) is 1. The molecule has 0 radical (unpaired) electrons. The fraction of sp³-hybridized carbons (Fsp3) is 0.375. The molecule has 0 amide bonds. The van der Waals surface area contributed by atoms with E-state index in [1.165, 1.54) is 0 Å². The Hall–Kier alpha value is -1.34. The van der Waals surface area contributed by atoms with Crippen LogP contribution in [0.25, 0.3) is 0 Å². The molecule has 1 aromatic heterocycles. The minimum absolute atomic E-state index is 0.104. The van der Waals surface area contributed by atoms with Gasteiger partial charge >= 0.3 is 0 Å². The fourth-order valence-corrected chi connectivity index (χ4v) is 1.21. The van der Waals surface area contributed by atoms with Crippen LogP contribution in [0.15, 0.2) is 0 Å². The molecule has 0 fully saturated rings. The van der Waals surface area contributed by atoms with Crippen molar-refractivity contribution in [3.8, 4) is 6.07 Å². The maximum atomic E-state index is 8.78. The number of nitrogen functional groups attached to an aromatic ring is 1. The summed E-state index contributed by atoms with van der Waals surface area (Å²) in [5.41, 5.74) is 6.31. The zero-order valence-corrected chi connectivity index (χ0v) is 8.13. The molecule has 0 bridgehead atoms. The van der Waals surface area contributed by atoms with Crippen molar-refractivity contribution in [1.29, 1.82) is 5.26 Å². The van der Waals surface area contributed by atoms with Gasteiger partial charge in [-0.05, 0) is 5.92 Å². The van der Waals surface area contributed by atoms with Gasteiger partial charge in [0, 0.05) is 0 Å². The molecule has 0 aliphatic rings. The van der Waals surface area contributed by atoms with Gasteiger partial charge in [0.15, 0.2) is 5.15 Å². The highest BCUT2D eigenvalue weighted by atomic mass is 35.5. The summed E-state index contributed by atoms with van der Waals surface area (Å²) in [6.45, 7) is 3.83. The number of anilines is 1. The zero-order valence-electron chi connectivity index (χ0n) is 7.37. The van der Waals surface area contributed by atoms with Crippen LogP contribution in [-0.4, -0.2) is 9.97 Å². The van der Waals surface area contributed by atoms with E-state index in [-0.39, 0.29) is 17.0 Å². The van der Waals surface area contributed by atoms with Crippen LogP contribution in [0.4, 0.5) is 5.95 Å². The Morgan fingerprint density at radius 2 is 2.08 bits per heavy atom. The lowest BCUT2D eigenvalue weighted by Gasteiger charge is -2.07. The highest BCUT2D eigenvalue weighted by molar-refractivity contribution is 6.30. The Bertz CT molecular complexity index is 367. The Morgan fingerprint density at radius 1 is 1.46 bits per heavy atom. The van der Waals surface area contributed by atoms with Crippen LogP contribution >= 0.6 is 11.6 Å². The first-order valence-corrected chi connectivity index (χ1v) is 4.17. The van der Waals surface area contributed by atoms with Crippen LogP contribution in [0, 0.1) is 11.3 Å². The first-order valence-electron chi connectivity index (χ1n) is 3.79. The Morgan fingerprint density at radius 3 is 2.54 bits per heavy atom. The van der Waals surface area contributed by atoms with Crippen molar-refractivity contribution in [3.63, 3.8) is 0 Å². The highest BCUT2D eigenvalue weighted by Gasteiger charge is 2.13. The van der Waals surface area contributed by atoms with Crippen molar-refractivity contribution < 1.29 is 0 Å². The summed E-state index contributed by atoms with van der Waals surface area (Å²) < 4.78 is 0. The van der Waals surface area contributed by atoms with Crippen molar-refractivity contribution in [2.24, 2.45) is 0 Å². The number of hydrogen-bond acceptors (Lipinski definition) is 4. The van der Waals surface area contributed by atoms with E-state index in [0.717, 1.165) is 0 Å². The molecule has 13 heavy (non-hydrogen) atoms. The summed E-state index contributed by atoms with van der Waals surface area (Å²) in [5, 5.41) is 8.91. The summed E-state index contributed by atoms with van der Waals surface area (Å²) in [7, 11) is 0. The Balaban J connectivity index is 3.41. The van der Waals surface area contributed by atoms with Crippen molar-refractivity contribution >= 4 is 17.5 Å². The third-order valence-corrected chi connectivity index (χ3v) is 1.84. The Kier molecular flexibility index (Phi) is 2.69. The predicted octanol–water partition coefficient (Wildman–Crippen LogP) is 1.71. The topological polar surface area (TPSA) is 75.6 Å². The van der Waals surface area contributed by atoms with Gasteiger partial charge in [-0.2, -0.15) is 10.2 Å². The summed E-state index contributed by atoms with van der Waals surface area (Å²) in [6.07, 6.45) is 0. The molecule has 1 aromatic rings. The molecule has 0 saturated heterocycles. The highest BCUT2D eigenvalue weighted by Crippen LogP contribution is 2.22. The normalized spacial score (nSPS) is 10.1. The van der Waals surface area contributed by atoms with Gasteiger partial charge in [-0.1, -0.05) is 25.4 Å². The number of hydrogen-bond donors (Lipinski definition) is 1. The standard InChI is InChI=1S/C8H9ClN4/c1-4(2)6-5(3-10)7(9)13-8(11)12-6/h4H,1-2H3,(H2,11,12,13). The molecule has 1 heterocycles. The van der Waals surface area contributed by atoms with Crippen molar-refractivity contribution in [2.45, 2.75) is 19.8 Å². The zero-order chi connectivity index (χ0) is 10.0. The number of nitriles is 1. The molecule has 0 aromatic carbocycles. The van der Waals surface area contributed by atoms with E-state index < -0.39 is 0 Å². The van der Waals surface area contributed by atoms with E-state index in [9.17, 15) is 0 Å². The maximum Gasteiger partial charge on any atom is 0.221 e. The van der Waals surface area contributed by atoms with Gasteiger partial charge in [-0.25, -0.2) is 4.98 Å². The first-order chi connectivity index (χ1) is 6.06. The lowest BCUT2D eigenvalue weighted by atomic mass is 10.1. The molecule has 0 unspecified atom stereocenters. The predicted molar refractivity (Wildman–Crippen MR) is 50.3 cm³/mol. The lowest BCUT2D eigenvalue weighted by molar-refractivity contribution is 0.813.